The van der Waals surface area contributed by atoms with Gasteiger partial charge in [0.05, 0.1) is 11.6 Å². The highest BCUT2D eigenvalue weighted by Crippen LogP contribution is 2.22. The number of aromatic hydroxyl groups is 1. The predicted molar refractivity (Wildman–Crippen MR) is 78.0 cm³/mol. The smallest absolute Gasteiger partial charge is 0.255 e. The number of amides is 1. The van der Waals surface area contributed by atoms with E-state index in [4.69, 9.17) is 0 Å². The van der Waals surface area contributed by atoms with Crippen LogP contribution in [-0.2, 0) is 6.42 Å². The summed E-state index contributed by atoms with van der Waals surface area (Å²) < 4.78 is 12.9. The molecule has 0 saturated heterocycles. The van der Waals surface area contributed by atoms with Crippen LogP contribution in [0.25, 0.3) is 0 Å². The third-order valence-corrected chi connectivity index (χ3v) is 3.56. The number of phenols is 1. The number of benzene rings is 2. The van der Waals surface area contributed by atoms with Crippen LogP contribution in [0.15, 0.2) is 42.5 Å². The van der Waals surface area contributed by atoms with Crippen LogP contribution in [0.5, 0.6) is 5.75 Å². The van der Waals surface area contributed by atoms with Gasteiger partial charge in [0.25, 0.3) is 5.91 Å². The van der Waals surface area contributed by atoms with Gasteiger partial charge in [-0.25, -0.2) is 4.39 Å². The van der Waals surface area contributed by atoms with Crippen molar-refractivity contribution in [2.24, 2.45) is 0 Å². The van der Waals surface area contributed by atoms with Crippen LogP contribution >= 0.6 is 0 Å². The molecule has 0 radical (unpaired) electrons. The molecule has 2 aromatic rings. The molecule has 108 valence electrons. The molecule has 1 atom stereocenters. The summed E-state index contributed by atoms with van der Waals surface area (Å²) in [5, 5.41) is 15.7. The first-order valence-electron chi connectivity index (χ1n) is 6.74. The molecule has 5 heteroatoms. The van der Waals surface area contributed by atoms with Crippen LogP contribution in [0.4, 0.5) is 10.1 Å². The number of halogens is 1. The fourth-order valence-electron chi connectivity index (χ4n) is 2.50. The molecule has 0 spiro atoms. The number of para-hydroxylation sites is 1. The van der Waals surface area contributed by atoms with Gasteiger partial charge in [0.15, 0.2) is 0 Å². The fourth-order valence-corrected chi connectivity index (χ4v) is 2.50. The first-order valence-corrected chi connectivity index (χ1v) is 6.74. The van der Waals surface area contributed by atoms with Crippen LogP contribution in [0.1, 0.15) is 15.9 Å². The van der Waals surface area contributed by atoms with E-state index in [-0.39, 0.29) is 17.4 Å². The lowest BCUT2D eigenvalue weighted by molar-refractivity contribution is 0.0935. The molecule has 3 N–H and O–H groups in total. The highest BCUT2D eigenvalue weighted by Gasteiger charge is 2.21. The molecule has 1 aliphatic rings. The number of hydrogen-bond donors (Lipinski definition) is 3. The minimum Gasteiger partial charge on any atom is -0.507 e. The molecule has 1 amide bonds. The molecule has 1 aliphatic heterocycles. The van der Waals surface area contributed by atoms with E-state index in [9.17, 15) is 14.3 Å². The molecule has 0 aliphatic carbocycles. The van der Waals surface area contributed by atoms with Gasteiger partial charge in [-0.15, -0.1) is 0 Å². The third-order valence-electron chi connectivity index (χ3n) is 3.56. The summed E-state index contributed by atoms with van der Waals surface area (Å²) in [5.41, 5.74) is 2.29. The largest absolute Gasteiger partial charge is 0.507 e. The Morgan fingerprint density at radius 3 is 2.90 bits per heavy atom. The predicted octanol–water partition coefficient (Wildman–Crippen LogP) is 2.30. The van der Waals surface area contributed by atoms with Gasteiger partial charge in [0.2, 0.25) is 0 Å². The second-order valence-electron chi connectivity index (χ2n) is 5.07. The normalized spacial score (nSPS) is 16.7. The van der Waals surface area contributed by atoms with Gasteiger partial charge in [0, 0.05) is 18.3 Å². The third kappa shape index (κ3) is 2.81. The Hall–Kier alpha value is -2.56. The van der Waals surface area contributed by atoms with Crippen molar-refractivity contribution in [1.29, 1.82) is 0 Å². The maximum atomic E-state index is 12.9. The van der Waals surface area contributed by atoms with Gasteiger partial charge >= 0.3 is 0 Å². The van der Waals surface area contributed by atoms with Crippen molar-refractivity contribution >= 4 is 11.6 Å². The highest BCUT2D eigenvalue weighted by molar-refractivity contribution is 5.97. The summed E-state index contributed by atoms with van der Waals surface area (Å²) in [6.45, 7) is 0.616. The second kappa shape index (κ2) is 5.44. The summed E-state index contributed by atoms with van der Waals surface area (Å²) >= 11 is 0. The van der Waals surface area contributed by atoms with E-state index in [1.165, 1.54) is 6.07 Å². The van der Waals surface area contributed by atoms with Crippen LogP contribution < -0.4 is 10.6 Å². The van der Waals surface area contributed by atoms with E-state index in [1.54, 1.807) is 0 Å². The molecule has 0 bridgehead atoms. The number of fused-ring (bicyclic) bond motifs is 1. The Morgan fingerprint density at radius 1 is 1.29 bits per heavy atom. The molecule has 1 heterocycles. The van der Waals surface area contributed by atoms with E-state index in [1.807, 2.05) is 24.3 Å². The number of nitrogens with one attached hydrogen (secondary N) is 2. The maximum Gasteiger partial charge on any atom is 0.255 e. The minimum atomic E-state index is -0.572. The minimum absolute atomic E-state index is 0.0724. The van der Waals surface area contributed by atoms with Gasteiger partial charge in [0.1, 0.15) is 11.6 Å². The van der Waals surface area contributed by atoms with Crippen LogP contribution in [-0.4, -0.2) is 23.6 Å². The number of anilines is 1. The number of carbonyl (C=O) groups is 1. The van der Waals surface area contributed by atoms with E-state index in [0.717, 1.165) is 29.8 Å². The number of carbonyl (C=O) groups excluding carboxylic acids is 1. The first-order chi connectivity index (χ1) is 10.1. The average Bonchev–Trinajstić information content (AvgIpc) is 2.47. The molecule has 0 aromatic heterocycles. The van der Waals surface area contributed by atoms with Gasteiger partial charge in [-0.05, 0) is 30.2 Å². The van der Waals surface area contributed by atoms with Crippen LogP contribution in [0, 0.1) is 5.82 Å². The monoisotopic (exact) mass is 286 g/mol. The SMILES string of the molecule is O=C(NC1CNc2ccccc2C1)c1ccc(F)cc1O. The lowest BCUT2D eigenvalue weighted by Crippen LogP contribution is -2.43. The first kappa shape index (κ1) is 13.4. The molecular weight excluding hydrogens is 271 g/mol. The highest BCUT2D eigenvalue weighted by atomic mass is 19.1. The Morgan fingerprint density at radius 2 is 2.10 bits per heavy atom. The van der Waals surface area contributed by atoms with Crippen LogP contribution in [0.3, 0.4) is 0 Å². The molecule has 2 aromatic carbocycles. The second-order valence-corrected chi connectivity index (χ2v) is 5.07. The van der Waals surface area contributed by atoms with Gasteiger partial charge < -0.3 is 15.7 Å². The lowest BCUT2D eigenvalue weighted by atomic mass is 9.99. The summed E-state index contributed by atoms with van der Waals surface area (Å²) in [4.78, 5) is 12.1. The fraction of sp³-hybridized carbons (Fsp3) is 0.188. The lowest BCUT2D eigenvalue weighted by Gasteiger charge is -2.27. The topological polar surface area (TPSA) is 61.4 Å². The molecule has 0 saturated carbocycles. The Bertz CT molecular complexity index is 688. The van der Waals surface area contributed by atoms with Gasteiger partial charge in [-0.2, -0.15) is 0 Å². The van der Waals surface area contributed by atoms with Crippen molar-refractivity contribution in [2.45, 2.75) is 12.5 Å². The average molecular weight is 286 g/mol. The summed E-state index contributed by atoms with van der Waals surface area (Å²) in [6, 6.07) is 11.2. The number of hydrogen-bond acceptors (Lipinski definition) is 3. The Balaban J connectivity index is 1.71. The zero-order valence-corrected chi connectivity index (χ0v) is 11.3. The summed E-state index contributed by atoms with van der Waals surface area (Å²) in [6.07, 6.45) is 0.719. The Labute approximate surface area is 121 Å². The van der Waals surface area contributed by atoms with Crippen molar-refractivity contribution in [3.63, 3.8) is 0 Å². The molecular formula is C16H15FN2O2. The van der Waals surface area contributed by atoms with E-state index < -0.39 is 11.7 Å². The van der Waals surface area contributed by atoms with Crippen molar-refractivity contribution in [3.8, 4) is 5.75 Å². The van der Waals surface area contributed by atoms with Gasteiger partial charge in [-0.3, -0.25) is 4.79 Å². The van der Waals surface area contributed by atoms with E-state index in [2.05, 4.69) is 10.6 Å². The molecule has 21 heavy (non-hydrogen) atoms. The van der Waals surface area contributed by atoms with Crippen molar-refractivity contribution in [1.82, 2.24) is 5.32 Å². The van der Waals surface area contributed by atoms with Crippen molar-refractivity contribution < 1.29 is 14.3 Å². The maximum absolute atomic E-state index is 12.9. The summed E-state index contributed by atoms with van der Waals surface area (Å²) in [7, 11) is 0. The zero-order valence-electron chi connectivity index (χ0n) is 11.3. The van der Waals surface area contributed by atoms with E-state index >= 15 is 0 Å². The molecule has 4 nitrogen and oxygen atoms in total. The van der Waals surface area contributed by atoms with E-state index in [0.29, 0.717) is 6.54 Å². The standard InChI is InChI=1S/C16H15FN2O2/c17-11-5-6-13(15(20)8-11)16(21)19-12-7-10-3-1-2-4-14(10)18-9-12/h1-6,8,12,18,20H,7,9H2,(H,19,21). The number of rotatable bonds is 2. The number of phenolic OH excluding ortho intramolecular Hbond substituents is 1. The quantitative estimate of drug-likeness (QED) is 0.794. The molecule has 0 fully saturated rings. The molecule has 1 unspecified atom stereocenters. The molecule has 3 rings (SSSR count). The van der Waals surface area contributed by atoms with Crippen LogP contribution in [0.2, 0.25) is 0 Å². The van der Waals surface area contributed by atoms with Gasteiger partial charge in [-0.1, -0.05) is 18.2 Å². The zero-order chi connectivity index (χ0) is 14.8. The van der Waals surface area contributed by atoms with Crippen molar-refractivity contribution in [3.05, 3.63) is 59.4 Å². The summed E-state index contributed by atoms with van der Waals surface area (Å²) in [5.74, 6) is -1.33. The van der Waals surface area contributed by atoms with Crippen molar-refractivity contribution in [2.75, 3.05) is 11.9 Å². The Kier molecular flexibility index (Phi) is 3.48.